The van der Waals surface area contributed by atoms with Crippen molar-refractivity contribution in [3.8, 4) is 0 Å². The van der Waals surface area contributed by atoms with E-state index < -0.39 is 21.8 Å². The van der Waals surface area contributed by atoms with Crippen LogP contribution in [-0.4, -0.2) is 21.8 Å². The Balaban J connectivity index is 2.71. The molecule has 0 saturated heterocycles. The van der Waals surface area contributed by atoms with Gasteiger partial charge in [0.2, 0.25) is 0 Å². The summed E-state index contributed by atoms with van der Waals surface area (Å²) in [6, 6.07) is 0. The summed E-state index contributed by atoms with van der Waals surface area (Å²) < 4.78 is 13.0. The van der Waals surface area contributed by atoms with Gasteiger partial charge >= 0.3 is 38.6 Å². The van der Waals surface area contributed by atoms with Gasteiger partial charge in [-0.2, -0.15) is 0 Å². The number of allylic oxidation sites excluding steroid dienone is 1. The minimum atomic E-state index is -1.95. The van der Waals surface area contributed by atoms with Crippen molar-refractivity contribution in [2.24, 2.45) is 0 Å². The SMILES string of the molecule is [O]=[BiH]1[CH]=C[CH2]1. The van der Waals surface area contributed by atoms with Crippen LogP contribution in [0.1, 0.15) is 0 Å². The van der Waals surface area contributed by atoms with Crippen molar-refractivity contribution in [1.29, 1.82) is 0 Å². The monoisotopic (exact) mass is 266 g/mol. The van der Waals surface area contributed by atoms with Gasteiger partial charge < -0.3 is 0 Å². The summed E-state index contributed by atoms with van der Waals surface area (Å²) in [5, 5.41) is 0. The van der Waals surface area contributed by atoms with Crippen LogP contribution >= 0.6 is 0 Å². The summed E-state index contributed by atoms with van der Waals surface area (Å²) in [6.45, 7) is 0. The van der Waals surface area contributed by atoms with Crippen LogP contribution in [0.25, 0.3) is 0 Å². The van der Waals surface area contributed by atoms with Gasteiger partial charge in [-0.3, -0.25) is 0 Å². The predicted octanol–water partition coefficient (Wildman–Crippen LogP) is 0.250. The van der Waals surface area contributed by atoms with Crippen LogP contribution < -0.4 is 0 Å². The molecule has 2 heteroatoms. The molecule has 1 aliphatic heterocycles. The van der Waals surface area contributed by atoms with Gasteiger partial charge in [0.15, 0.2) is 0 Å². The standard InChI is InChI=1S/C3H4.Bi.O.H/c1-3-2;;;/h1,3H,2H2;;;. The molecule has 28 valence electrons. The van der Waals surface area contributed by atoms with Gasteiger partial charge in [0.1, 0.15) is 0 Å². The fourth-order valence-corrected chi connectivity index (χ4v) is 1.88. The fraction of sp³-hybridized carbons (Fsp3) is 0.333. The van der Waals surface area contributed by atoms with Crippen molar-refractivity contribution in [3.63, 3.8) is 0 Å². The third-order valence-corrected chi connectivity index (χ3v) is 5.46. The van der Waals surface area contributed by atoms with Crippen molar-refractivity contribution in [2.45, 2.75) is 4.13 Å². The second kappa shape index (κ2) is 1.26. The molecule has 0 aromatic rings. The van der Waals surface area contributed by atoms with Crippen molar-refractivity contribution >= 4 is 21.8 Å². The van der Waals surface area contributed by atoms with E-state index in [1.165, 1.54) is 0 Å². The molecule has 0 amide bonds. The van der Waals surface area contributed by atoms with Crippen molar-refractivity contribution in [3.05, 3.63) is 9.86 Å². The molecule has 1 unspecified atom stereocenters. The van der Waals surface area contributed by atoms with Crippen molar-refractivity contribution in [1.82, 2.24) is 0 Å². The Kier molecular flexibility index (Phi) is 0.906. The first-order valence-electron chi connectivity index (χ1n) is 1.59. The Bertz CT molecular complexity index is 84.9. The normalized spacial score (nSPS) is 33.2. The molecule has 0 aromatic heterocycles. The topological polar surface area (TPSA) is 17.1 Å². The summed E-state index contributed by atoms with van der Waals surface area (Å²) in [7, 11) is 0. The Morgan fingerprint density at radius 3 is 2.20 bits per heavy atom. The third kappa shape index (κ3) is 0.629. The molecule has 0 radical (unpaired) electrons. The molecule has 1 rings (SSSR count). The second-order valence-electron chi connectivity index (χ2n) is 1.07. The maximum atomic E-state index is 10.1. The Morgan fingerprint density at radius 2 is 2.20 bits per heavy atom. The van der Waals surface area contributed by atoms with E-state index in [4.69, 9.17) is 0 Å². The van der Waals surface area contributed by atoms with Crippen LogP contribution in [0.2, 0.25) is 4.13 Å². The van der Waals surface area contributed by atoms with Crippen LogP contribution in [0.3, 0.4) is 0 Å². The van der Waals surface area contributed by atoms with Gasteiger partial charge in [-0.25, -0.2) is 0 Å². The van der Waals surface area contributed by atoms with Gasteiger partial charge in [-0.15, -0.1) is 0 Å². The van der Waals surface area contributed by atoms with Crippen LogP contribution in [-0.2, 0) is 2.81 Å². The zero-order valence-electron chi connectivity index (χ0n) is 2.77. The first-order valence-corrected chi connectivity index (χ1v) is 8.17. The summed E-state index contributed by atoms with van der Waals surface area (Å²) >= 11 is -1.95. The average Bonchev–Trinajstić information content (AvgIpc) is 1.30. The quantitative estimate of drug-likeness (QED) is 0.574. The maximum absolute atomic E-state index is 10.1. The Morgan fingerprint density at radius 1 is 1.80 bits per heavy atom. The molecule has 0 saturated carbocycles. The molecule has 0 N–H and O–H groups in total. The first kappa shape index (κ1) is 3.61. The van der Waals surface area contributed by atoms with Gasteiger partial charge in [0.05, 0.1) is 0 Å². The molecule has 0 aliphatic carbocycles. The minimum absolute atomic E-state index is 0.963. The Labute approximate surface area is 38.8 Å². The average molecular weight is 266 g/mol. The van der Waals surface area contributed by atoms with Gasteiger partial charge in [-0.1, -0.05) is 0 Å². The van der Waals surface area contributed by atoms with Gasteiger partial charge in [-0.05, 0) is 0 Å². The van der Waals surface area contributed by atoms with Crippen molar-refractivity contribution < 1.29 is 2.81 Å². The molecular formula is C3H5BiO. The van der Waals surface area contributed by atoms with Crippen LogP contribution in [0, 0.1) is 0 Å². The van der Waals surface area contributed by atoms with Gasteiger partial charge in [0.25, 0.3) is 0 Å². The molecule has 1 nitrogen and oxygen atoms in total. The number of hydrogen-bond donors (Lipinski definition) is 0. The third-order valence-electron chi connectivity index (χ3n) is 0.623. The number of rotatable bonds is 0. The molecule has 0 fully saturated rings. The van der Waals surface area contributed by atoms with Gasteiger partial charge in [0, 0.05) is 0 Å². The molecule has 0 bridgehead atoms. The summed E-state index contributed by atoms with van der Waals surface area (Å²) in [6.07, 6.45) is 1.98. The second-order valence-corrected chi connectivity index (χ2v) is 7.58. The fourth-order valence-electron chi connectivity index (χ4n) is 0.214. The molecule has 1 aliphatic rings. The number of hydrogen-bond acceptors (Lipinski definition) is 1. The molecule has 5 heavy (non-hydrogen) atoms. The Hall–Kier alpha value is 0.423. The molecule has 0 aromatic carbocycles. The van der Waals surface area contributed by atoms with E-state index in [1.807, 2.05) is 9.86 Å². The summed E-state index contributed by atoms with van der Waals surface area (Å²) in [5.74, 6) is 0. The van der Waals surface area contributed by atoms with E-state index in [0.29, 0.717) is 0 Å². The van der Waals surface area contributed by atoms with Crippen LogP contribution in [0.4, 0.5) is 0 Å². The van der Waals surface area contributed by atoms with E-state index in [-0.39, 0.29) is 0 Å². The molecule has 1 atom stereocenters. The van der Waals surface area contributed by atoms with E-state index >= 15 is 0 Å². The summed E-state index contributed by atoms with van der Waals surface area (Å²) in [5.41, 5.74) is 0. The van der Waals surface area contributed by atoms with E-state index in [0.717, 1.165) is 4.13 Å². The zero-order chi connectivity index (χ0) is 3.70. The summed E-state index contributed by atoms with van der Waals surface area (Å²) in [4.78, 5) is 0. The van der Waals surface area contributed by atoms with Crippen LogP contribution in [0.15, 0.2) is 9.86 Å². The predicted molar refractivity (Wildman–Crippen MR) is 21.8 cm³/mol. The van der Waals surface area contributed by atoms with E-state index in [2.05, 4.69) is 0 Å². The van der Waals surface area contributed by atoms with E-state index in [9.17, 15) is 2.81 Å². The molecule has 1 heterocycles. The molecule has 0 spiro atoms. The van der Waals surface area contributed by atoms with E-state index in [1.54, 1.807) is 0 Å². The molecular weight excluding hydrogens is 261 g/mol. The van der Waals surface area contributed by atoms with Crippen LogP contribution in [0.5, 0.6) is 0 Å². The first-order chi connectivity index (χ1) is 2.39. The van der Waals surface area contributed by atoms with Crippen molar-refractivity contribution in [2.75, 3.05) is 0 Å². The zero-order valence-corrected chi connectivity index (χ0v) is 6.66.